The van der Waals surface area contributed by atoms with Gasteiger partial charge in [0.25, 0.3) is 0 Å². The van der Waals surface area contributed by atoms with Gasteiger partial charge in [0.2, 0.25) is 0 Å². The van der Waals surface area contributed by atoms with E-state index < -0.39 is 0 Å². The molecule has 76 valence electrons. The Morgan fingerprint density at radius 1 is 1.36 bits per heavy atom. The van der Waals surface area contributed by atoms with Crippen LogP contribution in [0.15, 0.2) is 24.3 Å². The summed E-state index contributed by atoms with van der Waals surface area (Å²) in [6.07, 6.45) is 2.86. The van der Waals surface area contributed by atoms with E-state index >= 15 is 0 Å². The highest BCUT2D eigenvalue weighted by Gasteiger charge is 2.25. The van der Waals surface area contributed by atoms with Crippen LogP contribution in [0.5, 0.6) is 0 Å². The first-order valence-electron chi connectivity index (χ1n) is 4.94. The van der Waals surface area contributed by atoms with Crippen LogP contribution in [0.1, 0.15) is 30.7 Å². The largest absolute Gasteiger partial charge is 0.317 e. The third-order valence-corrected chi connectivity index (χ3v) is 2.94. The third kappa shape index (κ3) is 1.94. The standard InChI is InChI=1S/C11H14FNO/c12-10-3-1-2-8(6-10)9-4-5-11(7-9)13-14/h1-3,6,9,11,13-14H,4-5,7H2/t9-,11+/m1/s1. The summed E-state index contributed by atoms with van der Waals surface area (Å²) in [6, 6.07) is 6.91. The van der Waals surface area contributed by atoms with Crippen molar-refractivity contribution in [1.29, 1.82) is 0 Å². The molecule has 0 heterocycles. The molecule has 0 saturated heterocycles. The van der Waals surface area contributed by atoms with Crippen molar-refractivity contribution in [2.24, 2.45) is 0 Å². The van der Waals surface area contributed by atoms with Gasteiger partial charge in [0.05, 0.1) is 0 Å². The second-order valence-electron chi connectivity index (χ2n) is 3.89. The molecule has 0 aromatic heterocycles. The van der Waals surface area contributed by atoms with Crippen molar-refractivity contribution in [1.82, 2.24) is 5.48 Å². The van der Waals surface area contributed by atoms with Gasteiger partial charge in [0.1, 0.15) is 5.82 Å². The summed E-state index contributed by atoms with van der Waals surface area (Å²) in [5.74, 6) is 0.207. The molecule has 1 aromatic rings. The average molecular weight is 195 g/mol. The molecule has 0 spiro atoms. The number of hydrogen-bond donors (Lipinski definition) is 2. The van der Waals surface area contributed by atoms with Crippen LogP contribution in [0.4, 0.5) is 4.39 Å². The van der Waals surface area contributed by atoms with Crippen LogP contribution in [0, 0.1) is 5.82 Å². The molecule has 3 heteroatoms. The first-order chi connectivity index (χ1) is 6.79. The van der Waals surface area contributed by atoms with Crippen molar-refractivity contribution in [2.75, 3.05) is 0 Å². The Balaban J connectivity index is 2.09. The van der Waals surface area contributed by atoms with Gasteiger partial charge in [0.15, 0.2) is 0 Å². The third-order valence-electron chi connectivity index (χ3n) is 2.94. The van der Waals surface area contributed by atoms with E-state index in [9.17, 15) is 4.39 Å². The summed E-state index contributed by atoms with van der Waals surface area (Å²) in [7, 11) is 0. The highest BCUT2D eigenvalue weighted by molar-refractivity contribution is 5.22. The maximum atomic E-state index is 12.9. The molecule has 1 fully saturated rings. The smallest absolute Gasteiger partial charge is 0.123 e. The number of nitrogens with one attached hydrogen (secondary N) is 1. The Morgan fingerprint density at radius 3 is 2.86 bits per heavy atom. The molecule has 2 N–H and O–H groups in total. The zero-order valence-corrected chi connectivity index (χ0v) is 7.91. The van der Waals surface area contributed by atoms with Gasteiger partial charge >= 0.3 is 0 Å². The molecule has 1 saturated carbocycles. The van der Waals surface area contributed by atoms with Crippen LogP contribution in [0.2, 0.25) is 0 Å². The summed E-state index contributed by atoms with van der Waals surface area (Å²) in [5.41, 5.74) is 3.33. The van der Waals surface area contributed by atoms with Crippen molar-refractivity contribution in [2.45, 2.75) is 31.2 Å². The second kappa shape index (κ2) is 4.07. The predicted octanol–water partition coefficient (Wildman–Crippen LogP) is 2.44. The van der Waals surface area contributed by atoms with E-state index in [2.05, 4.69) is 5.48 Å². The Bertz CT molecular complexity index is 316. The van der Waals surface area contributed by atoms with Gasteiger partial charge in [-0.15, -0.1) is 0 Å². The summed E-state index contributed by atoms with van der Waals surface area (Å²) in [4.78, 5) is 0. The number of hydroxylamine groups is 1. The molecular formula is C11H14FNO. The van der Waals surface area contributed by atoms with Gasteiger partial charge in [-0.05, 0) is 42.9 Å². The van der Waals surface area contributed by atoms with E-state index in [1.54, 1.807) is 12.1 Å². The zero-order valence-electron chi connectivity index (χ0n) is 7.91. The van der Waals surface area contributed by atoms with Crippen LogP contribution in [-0.4, -0.2) is 11.2 Å². The van der Waals surface area contributed by atoms with Crippen LogP contribution >= 0.6 is 0 Å². The van der Waals surface area contributed by atoms with Gasteiger partial charge < -0.3 is 5.21 Å². The molecule has 2 atom stereocenters. The molecule has 1 aliphatic rings. The molecule has 14 heavy (non-hydrogen) atoms. The molecule has 1 aromatic carbocycles. The molecule has 0 bridgehead atoms. The molecule has 2 rings (SSSR count). The first kappa shape index (κ1) is 9.62. The zero-order chi connectivity index (χ0) is 9.97. The lowest BCUT2D eigenvalue weighted by atomic mass is 9.97. The minimum Gasteiger partial charge on any atom is -0.317 e. The van der Waals surface area contributed by atoms with Gasteiger partial charge in [-0.2, -0.15) is 0 Å². The summed E-state index contributed by atoms with van der Waals surface area (Å²) in [5, 5.41) is 8.76. The summed E-state index contributed by atoms with van der Waals surface area (Å²) >= 11 is 0. The molecule has 0 radical (unpaired) electrons. The van der Waals surface area contributed by atoms with Gasteiger partial charge in [0, 0.05) is 6.04 Å². The molecule has 0 unspecified atom stereocenters. The normalized spacial score (nSPS) is 26.7. The van der Waals surface area contributed by atoms with E-state index in [-0.39, 0.29) is 11.9 Å². The van der Waals surface area contributed by atoms with Gasteiger partial charge in [-0.1, -0.05) is 12.1 Å². The average Bonchev–Trinajstić information content (AvgIpc) is 2.66. The maximum Gasteiger partial charge on any atom is 0.123 e. The number of hydrogen-bond acceptors (Lipinski definition) is 2. The highest BCUT2D eigenvalue weighted by Crippen LogP contribution is 2.34. The minimum atomic E-state index is -0.178. The quantitative estimate of drug-likeness (QED) is 0.710. The molecule has 0 aliphatic heterocycles. The number of rotatable bonds is 2. The van der Waals surface area contributed by atoms with E-state index in [4.69, 9.17) is 5.21 Å². The molecule has 0 amide bonds. The van der Waals surface area contributed by atoms with E-state index in [1.807, 2.05) is 6.07 Å². The van der Waals surface area contributed by atoms with Gasteiger partial charge in [-0.3, -0.25) is 0 Å². The van der Waals surface area contributed by atoms with Crippen LogP contribution in [0.25, 0.3) is 0 Å². The summed E-state index contributed by atoms with van der Waals surface area (Å²) < 4.78 is 12.9. The lowest BCUT2D eigenvalue weighted by molar-refractivity contribution is 0.127. The Kier molecular flexibility index (Phi) is 2.79. The SMILES string of the molecule is ON[C@H]1CC[C@@H](c2cccc(F)c2)C1. The Labute approximate surface area is 82.7 Å². The minimum absolute atomic E-state index is 0.170. The van der Waals surface area contributed by atoms with Crippen molar-refractivity contribution < 1.29 is 9.60 Å². The second-order valence-corrected chi connectivity index (χ2v) is 3.89. The maximum absolute atomic E-state index is 12.9. The Hall–Kier alpha value is -0.930. The molecular weight excluding hydrogens is 181 g/mol. The van der Waals surface area contributed by atoms with Crippen LogP contribution in [0.3, 0.4) is 0 Å². The Morgan fingerprint density at radius 2 is 2.21 bits per heavy atom. The fourth-order valence-corrected chi connectivity index (χ4v) is 2.16. The molecule has 2 nitrogen and oxygen atoms in total. The molecule has 1 aliphatic carbocycles. The lowest BCUT2D eigenvalue weighted by Crippen LogP contribution is -2.21. The topological polar surface area (TPSA) is 32.3 Å². The summed E-state index contributed by atoms with van der Waals surface area (Å²) in [6.45, 7) is 0. The fourth-order valence-electron chi connectivity index (χ4n) is 2.16. The van der Waals surface area contributed by atoms with Crippen molar-refractivity contribution >= 4 is 0 Å². The first-order valence-corrected chi connectivity index (χ1v) is 4.94. The highest BCUT2D eigenvalue weighted by atomic mass is 19.1. The van der Waals surface area contributed by atoms with E-state index in [0.29, 0.717) is 5.92 Å². The van der Waals surface area contributed by atoms with E-state index in [1.165, 1.54) is 6.07 Å². The van der Waals surface area contributed by atoms with Gasteiger partial charge in [-0.25, -0.2) is 9.87 Å². The monoisotopic (exact) mass is 195 g/mol. The van der Waals surface area contributed by atoms with Crippen molar-refractivity contribution in [3.05, 3.63) is 35.6 Å². The number of halogens is 1. The van der Waals surface area contributed by atoms with Crippen LogP contribution < -0.4 is 5.48 Å². The fraction of sp³-hybridized carbons (Fsp3) is 0.455. The lowest BCUT2D eigenvalue weighted by Gasteiger charge is -2.10. The van der Waals surface area contributed by atoms with Crippen molar-refractivity contribution in [3.63, 3.8) is 0 Å². The number of benzene rings is 1. The van der Waals surface area contributed by atoms with Crippen LogP contribution in [-0.2, 0) is 0 Å². The van der Waals surface area contributed by atoms with Crippen molar-refractivity contribution in [3.8, 4) is 0 Å². The van der Waals surface area contributed by atoms with E-state index in [0.717, 1.165) is 24.8 Å². The predicted molar refractivity (Wildman–Crippen MR) is 51.7 cm³/mol.